The van der Waals surface area contributed by atoms with Gasteiger partial charge in [-0.15, -0.1) is 0 Å². The van der Waals surface area contributed by atoms with Crippen LogP contribution in [-0.4, -0.2) is 74.9 Å². The van der Waals surface area contributed by atoms with Crippen LogP contribution < -0.4 is 0 Å². The monoisotopic (exact) mass is 656 g/mol. The molecule has 0 heterocycles. The SMILES string of the molecule is CC/C=C\C/C=C\C/C=C\C/C=C\CCCCCCC(=O)OC(COC(=O)CCCCCC)COP(=O)(O)OCC[N+](C)(C)C. The Labute approximate surface area is 273 Å². The standard InChI is InChI=1S/C35H62NO8P/c1-6-8-10-12-13-14-15-16-17-18-19-20-21-22-23-24-26-28-35(38)44-33(31-41-34(37)27-25-11-9-7-2)32-43-45(39,40)42-30-29-36(3,4)5/h8,10,13-14,16-17,19-20,33H,6-7,9,11-12,15,18,21-32H2,1-5H3/p+1/b10-8-,14-13-,17-16-,20-19-. The van der Waals surface area contributed by atoms with E-state index in [1.807, 2.05) is 21.1 Å². The van der Waals surface area contributed by atoms with E-state index in [1.54, 1.807) is 0 Å². The lowest BCUT2D eigenvalue weighted by Crippen LogP contribution is -2.37. The number of ether oxygens (including phenoxy) is 2. The van der Waals surface area contributed by atoms with Crippen LogP contribution in [0.3, 0.4) is 0 Å². The summed E-state index contributed by atoms with van der Waals surface area (Å²) in [4.78, 5) is 34.7. The molecule has 0 fully saturated rings. The van der Waals surface area contributed by atoms with Crippen LogP contribution in [0, 0.1) is 0 Å². The molecule has 0 aliphatic rings. The van der Waals surface area contributed by atoms with Gasteiger partial charge in [-0.2, -0.15) is 0 Å². The molecule has 0 aliphatic heterocycles. The van der Waals surface area contributed by atoms with E-state index < -0.39 is 32.5 Å². The Balaban J connectivity index is 4.40. The van der Waals surface area contributed by atoms with Crippen molar-refractivity contribution >= 4 is 19.8 Å². The zero-order valence-corrected chi connectivity index (χ0v) is 29.7. The lowest BCUT2D eigenvalue weighted by Gasteiger charge is -2.24. The number of phosphoric acid groups is 1. The normalized spacial score (nSPS) is 14.5. The highest BCUT2D eigenvalue weighted by molar-refractivity contribution is 7.47. The van der Waals surface area contributed by atoms with Gasteiger partial charge in [0.1, 0.15) is 19.8 Å². The predicted molar refractivity (Wildman–Crippen MR) is 183 cm³/mol. The van der Waals surface area contributed by atoms with Crippen molar-refractivity contribution in [2.45, 2.75) is 116 Å². The zero-order valence-electron chi connectivity index (χ0n) is 28.8. The Kier molecular flexibility index (Phi) is 26.9. The molecule has 2 unspecified atom stereocenters. The number of nitrogens with zero attached hydrogens (tertiary/aromatic N) is 1. The molecule has 0 radical (unpaired) electrons. The van der Waals surface area contributed by atoms with E-state index in [2.05, 4.69) is 62.5 Å². The number of esters is 2. The average Bonchev–Trinajstić information content (AvgIpc) is 2.97. The summed E-state index contributed by atoms with van der Waals surface area (Å²) < 4.78 is 33.8. The molecular weight excluding hydrogens is 593 g/mol. The minimum Gasteiger partial charge on any atom is -0.462 e. The van der Waals surface area contributed by atoms with Crippen molar-refractivity contribution in [1.82, 2.24) is 0 Å². The van der Waals surface area contributed by atoms with Crippen molar-refractivity contribution in [2.75, 3.05) is 47.5 Å². The van der Waals surface area contributed by atoms with Crippen molar-refractivity contribution in [2.24, 2.45) is 0 Å². The second kappa shape index (κ2) is 28.2. The van der Waals surface area contributed by atoms with Gasteiger partial charge in [-0.25, -0.2) is 4.57 Å². The third-order valence-corrected chi connectivity index (χ3v) is 7.61. The number of carbonyl (C=O) groups excluding carboxylic acids is 2. The number of quaternary nitrogens is 1. The van der Waals surface area contributed by atoms with Gasteiger partial charge < -0.3 is 18.9 Å². The zero-order chi connectivity index (χ0) is 33.7. The van der Waals surface area contributed by atoms with Gasteiger partial charge in [0.25, 0.3) is 0 Å². The molecular formula is C35H63NO8P+. The third kappa shape index (κ3) is 31.7. The average molecular weight is 657 g/mol. The minimum absolute atomic E-state index is 0.0246. The van der Waals surface area contributed by atoms with Gasteiger partial charge in [0.05, 0.1) is 27.7 Å². The van der Waals surface area contributed by atoms with Gasteiger partial charge in [0.15, 0.2) is 6.10 Å². The molecule has 0 spiro atoms. The molecule has 0 saturated heterocycles. The van der Waals surface area contributed by atoms with E-state index in [9.17, 15) is 19.0 Å². The minimum atomic E-state index is -4.36. The number of allylic oxidation sites excluding steroid dienone is 8. The van der Waals surface area contributed by atoms with Gasteiger partial charge in [-0.3, -0.25) is 18.6 Å². The van der Waals surface area contributed by atoms with Crippen LogP contribution >= 0.6 is 7.82 Å². The molecule has 0 aliphatic carbocycles. The number of unbranched alkanes of at least 4 members (excludes halogenated alkanes) is 7. The molecule has 260 valence electrons. The molecule has 0 aromatic heterocycles. The maximum Gasteiger partial charge on any atom is 0.472 e. The Morgan fingerprint density at radius 1 is 0.711 bits per heavy atom. The van der Waals surface area contributed by atoms with Crippen LogP contribution in [-0.2, 0) is 32.7 Å². The number of rotatable bonds is 29. The van der Waals surface area contributed by atoms with E-state index in [0.29, 0.717) is 17.4 Å². The smallest absolute Gasteiger partial charge is 0.462 e. The Morgan fingerprint density at radius 2 is 1.27 bits per heavy atom. The summed E-state index contributed by atoms with van der Waals surface area (Å²) in [6.45, 7) is 4.10. The molecule has 2 atom stereocenters. The maximum atomic E-state index is 12.5. The summed E-state index contributed by atoms with van der Waals surface area (Å²) in [5, 5.41) is 0. The summed E-state index contributed by atoms with van der Waals surface area (Å²) in [5.41, 5.74) is 0. The first-order valence-corrected chi connectivity index (χ1v) is 18.4. The van der Waals surface area contributed by atoms with Gasteiger partial charge in [0.2, 0.25) is 0 Å². The first kappa shape index (κ1) is 43.0. The Morgan fingerprint density at radius 3 is 1.87 bits per heavy atom. The fourth-order valence-electron chi connectivity index (χ4n) is 3.94. The molecule has 0 amide bonds. The van der Waals surface area contributed by atoms with Crippen molar-refractivity contribution in [1.29, 1.82) is 0 Å². The highest BCUT2D eigenvalue weighted by atomic mass is 31.2. The molecule has 0 aromatic rings. The van der Waals surface area contributed by atoms with E-state index in [1.165, 1.54) is 0 Å². The second-order valence-corrected chi connectivity index (χ2v) is 13.6. The molecule has 1 N–H and O–H groups in total. The van der Waals surface area contributed by atoms with Gasteiger partial charge >= 0.3 is 19.8 Å². The maximum absolute atomic E-state index is 12.5. The Hall–Kier alpha value is -2.03. The fourth-order valence-corrected chi connectivity index (χ4v) is 4.68. The number of hydrogen-bond donors (Lipinski definition) is 1. The van der Waals surface area contributed by atoms with Crippen LogP contribution in [0.2, 0.25) is 0 Å². The van der Waals surface area contributed by atoms with Crippen LogP contribution in [0.4, 0.5) is 0 Å². The highest BCUT2D eigenvalue weighted by Gasteiger charge is 2.27. The quantitative estimate of drug-likeness (QED) is 0.0281. The second-order valence-electron chi connectivity index (χ2n) is 12.2. The summed E-state index contributed by atoms with van der Waals surface area (Å²) in [7, 11) is 1.44. The Bertz CT molecular complexity index is 923. The molecule has 0 bridgehead atoms. The third-order valence-electron chi connectivity index (χ3n) is 6.62. The summed E-state index contributed by atoms with van der Waals surface area (Å²) in [5.74, 6) is -0.855. The van der Waals surface area contributed by atoms with Crippen molar-refractivity contribution in [3.05, 3.63) is 48.6 Å². The van der Waals surface area contributed by atoms with Crippen LogP contribution in [0.15, 0.2) is 48.6 Å². The topological polar surface area (TPSA) is 108 Å². The van der Waals surface area contributed by atoms with Crippen molar-refractivity contribution in [3.8, 4) is 0 Å². The first-order valence-electron chi connectivity index (χ1n) is 16.9. The van der Waals surface area contributed by atoms with Gasteiger partial charge in [-0.1, -0.05) is 94.6 Å². The molecule has 0 rings (SSSR count). The number of likely N-dealkylation sites (N-methyl/N-ethyl adjacent to an activating group) is 1. The molecule has 10 heteroatoms. The van der Waals surface area contributed by atoms with Crippen LogP contribution in [0.25, 0.3) is 0 Å². The largest absolute Gasteiger partial charge is 0.472 e. The summed E-state index contributed by atoms with van der Waals surface area (Å²) in [6.07, 6.45) is 29.3. The first-order chi connectivity index (χ1) is 21.5. The predicted octanol–water partition coefficient (Wildman–Crippen LogP) is 8.40. The lowest BCUT2D eigenvalue weighted by atomic mass is 10.1. The number of hydrogen-bond acceptors (Lipinski definition) is 7. The number of phosphoric ester groups is 1. The molecule has 0 aromatic carbocycles. The van der Waals surface area contributed by atoms with Crippen LogP contribution in [0.5, 0.6) is 0 Å². The van der Waals surface area contributed by atoms with Crippen molar-refractivity contribution < 1.29 is 42.1 Å². The van der Waals surface area contributed by atoms with Gasteiger partial charge in [0, 0.05) is 12.8 Å². The van der Waals surface area contributed by atoms with E-state index in [-0.39, 0.29) is 26.1 Å². The molecule has 45 heavy (non-hydrogen) atoms. The molecule has 0 saturated carbocycles. The summed E-state index contributed by atoms with van der Waals surface area (Å²) >= 11 is 0. The van der Waals surface area contributed by atoms with E-state index >= 15 is 0 Å². The lowest BCUT2D eigenvalue weighted by molar-refractivity contribution is -0.870. The summed E-state index contributed by atoms with van der Waals surface area (Å²) in [6, 6.07) is 0. The van der Waals surface area contributed by atoms with Crippen LogP contribution in [0.1, 0.15) is 110 Å². The van der Waals surface area contributed by atoms with E-state index in [4.69, 9.17) is 18.5 Å². The number of carbonyl (C=O) groups is 2. The van der Waals surface area contributed by atoms with Gasteiger partial charge in [-0.05, 0) is 51.4 Å². The fraction of sp³-hybridized carbons (Fsp3) is 0.714. The molecule has 9 nitrogen and oxygen atoms in total. The van der Waals surface area contributed by atoms with Crippen molar-refractivity contribution in [3.63, 3.8) is 0 Å². The highest BCUT2D eigenvalue weighted by Crippen LogP contribution is 2.43. The van der Waals surface area contributed by atoms with E-state index in [0.717, 1.165) is 77.0 Å².